The summed E-state index contributed by atoms with van der Waals surface area (Å²) in [5.74, 6) is 0.732. The van der Waals surface area contributed by atoms with Crippen molar-refractivity contribution in [1.82, 2.24) is 14.8 Å². The van der Waals surface area contributed by atoms with E-state index in [1.807, 2.05) is 0 Å². The van der Waals surface area contributed by atoms with Crippen LogP contribution in [0, 0.1) is 5.82 Å². The summed E-state index contributed by atoms with van der Waals surface area (Å²) in [5, 5.41) is 4.52. The summed E-state index contributed by atoms with van der Waals surface area (Å²) >= 11 is 0. The number of hydrogen-bond acceptors (Lipinski definition) is 7. The number of ether oxygens (including phenoxy) is 1. The van der Waals surface area contributed by atoms with E-state index in [-0.39, 0.29) is 11.6 Å². The first-order valence-corrected chi connectivity index (χ1v) is 9.53. The second-order valence-electron chi connectivity index (χ2n) is 6.68. The molecule has 0 amide bonds. The molecule has 3 aromatic rings. The lowest BCUT2D eigenvalue weighted by Gasteiger charge is -2.35. The molecular weight excluding hydrogens is 377 g/mol. The molecule has 8 nitrogen and oxygen atoms in total. The first kappa shape index (κ1) is 19.0. The van der Waals surface area contributed by atoms with Crippen LogP contribution >= 0.6 is 0 Å². The van der Waals surface area contributed by atoms with Crippen LogP contribution in [0.25, 0.3) is 0 Å². The zero-order valence-electron chi connectivity index (χ0n) is 16.1. The topological polar surface area (TPSA) is 76.6 Å². The number of rotatable bonds is 6. The fraction of sp³-hybridized carbons (Fsp3) is 0.350. The molecule has 0 bridgehead atoms. The lowest BCUT2D eigenvalue weighted by molar-refractivity contribution is 0.0487. The molecule has 0 aliphatic carbocycles. The fourth-order valence-corrected chi connectivity index (χ4v) is 3.26. The number of piperazine rings is 1. The highest BCUT2D eigenvalue weighted by molar-refractivity contribution is 5.86. The van der Waals surface area contributed by atoms with Crippen molar-refractivity contribution in [3.63, 3.8) is 0 Å². The van der Waals surface area contributed by atoms with Gasteiger partial charge in [0.05, 0.1) is 6.61 Å². The third kappa shape index (κ3) is 4.39. The number of aromatic nitrogens is 3. The molecule has 0 saturated carbocycles. The van der Waals surface area contributed by atoms with Gasteiger partial charge in [0.1, 0.15) is 24.4 Å². The minimum absolute atomic E-state index is 0.180. The van der Waals surface area contributed by atoms with Gasteiger partial charge in [0.2, 0.25) is 11.7 Å². The minimum atomic E-state index is -0.475. The molecule has 0 unspecified atom stereocenters. The van der Waals surface area contributed by atoms with Crippen molar-refractivity contribution in [2.75, 3.05) is 42.6 Å². The van der Waals surface area contributed by atoms with Crippen molar-refractivity contribution < 1.29 is 18.3 Å². The van der Waals surface area contributed by atoms with Crippen LogP contribution in [0.1, 0.15) is 23.2 Å². The lowest BCUT2D eigenvalue weighted by atomic mass is 10.2. The molecule has 1 fully saturated rings. The monoisotopic (exact) mass is 399 g/mol. The second kappa shape index (κ2) is 8.34. The number of nitrogens with zero attached hydrogens (tertiary/aromatic N) is 5. The van der Waals surface area contributed by atoms with Crippen molar-refractivity contribution in [1.29, 1.82) is 0 Å². The normalized spacial score (nSPS) is 14.3. The summed E-state index contributed by atoms with van der Waals surface area (Å²) in [6, 6.07) is 9.88. The van der Waals surface area contributed by atoms with Crippen molar-refractivity contribution in [3.8, 4) is 0 Å². The van der Waals surface area contributed by atoms with E-state index in [1.165, 1.54) is 12.1 Å². The van der Waals surface area contributed by atoms with Crippen molar-refractivity contribution in [2.24, 2.45) is 0 Å². The van der Waals surface area contributed by atoms with Gasteiger partial charge < -0.3 is 19.0 Å². The molecule has 2 aromatic heterocycles. The quantitative estimate of drug-likeness (QED) is 0.590. The maximum atomic E-state index is 13.1. The molecule has 1 aliphatic rings. The lowest BCUT2D eigenvalue weighted by Crippen LogP contribution is -2.47. The van der Waals surface area contributed by atoms with Gasteiger partial charge >= 0.3 is 5.97 Å². The summed E-state index contributed by atoms with van der Waals surface area (Å²) in [5.41, 5.74) is 1.01. The van der Waals surface area contributed by atoms with Gasteiger partial charge in [-0.1, -0.05) is 0 Å². The number of carbonyl (C=O) groups excluding carboxylic acids is 1. The van der Waals surface area contributed by atoms with E-state index >= 15 is 0 Å². The Bertz CT molecular complexity index is 961. The first-order valence-electron chi connectivity index (χ1n) is 9.53. The number of carbonyl (C=O) groups is 1. The molecule has 1 aromatic carbocycles. The predicted molar refractivity (Wildman–Crippen MR) is 105 cm³/mol. The molecule has 29 heavy (non-hydrogen) atoms. The predicted octanol–water partition coefficient (Wildman–Crippen LogP) is 2.56. The van der Waals surface area contributed by atoms with Crippen molar-refractivity contribution in [3.05, 3.63) is 60.1 Å². The number of hydrogen-bond donors (Lipinski definition) is 0. The molecule has 9 heteroatoms. The molecule has 3 heterocycles. The molecule has 4 rings (SSSR count). The van der Waals surface area contributed by atoms with Crippen LogP contribution in [0.4, 0.5) is 16.0 Å². The Morgan fingerprint density at radius 1 is 1.10 bits per heavy atom. The molecule has 1 saturated heterocycles. The summed E-state index contributed by atoms with van der Waals surface area (Å²) in [4.78, 5) is 20.4. The molecule has 0 atom stereocenters. The fourth-order valence-electron chi connectivity index (χ4n) is 3.26. The molecule has 0 radical (unpaired) electrons. The average Bonchev–Trinajstić information content (AvgIpc) is 3.39. The van der Waals surface area contributed by atoms with Gasteiger partial charge in [-0.25, -0.2) is 18.9 Å². The zero-order chi connectivity index (χ0) is 20.2. The summed E-state index contributed by atoms with van der Waals surface area (Å²) in [7, 11) is 0. The highest BCUT2D eigenvalue weighted by atomic mass is 19.1. The largest absolute Gasteiger partial charge is 0.460 e. The van der Waals surface area contributed by atoms with E-state index in [0.717, 1.165) is 31.9 Å². The number of benzene rings is 1. The Labute approximate surface area is 167 Å². The zero-order valence-corrected chi connectivity index (χ0v) is 16.1. The Morgan fingerprint density at radius 2 is 1.83 bits per heavy atom. The van der Waals surface area contributed by atoms with Crippen LogP contribution < -0.4 is 9.80 Å². The van der Waals surface area contributed by atoms with Crippen molar-refractivity contribution >= 4 is 17.6 Å². The average molecular weight is 399 g/mol. The molecule has 152 valence electrons. The van der Waals surface area contributed by atoms with E-state index in [0.29, 0.717) is 24.9 Å². The Hall–Kier alpha value is -3.36. The van der Waals surface area contributed by atoms with Crippen LogP contribution in [0.3, 0.4) is 0 Å². The van der Waals surface area contributed by atoms with Gasteiger partial charge in [0, 0.05) is 31.9 Å². The van der Waals surface area contributed by atoms with Crippen LogP contribution in [-0.4, -0.2) is 53.5 Å². The van der Waals surface area contributed by atoms with E-state index < -0.39 is 5.97 Å². The number of esters is 1. The SMILES string of the molecule is CCOC(=O)c1ccc(Cn2cnc(N3CCN(c4ccc(F)cc4)CC3)n2)o1. The van der Waals surface area contributed by atoms with Crippen LogP contribution in [-0.2, 0) is 11.3 Å². The minimum Gasteiger partial charge on any atom is -0.460 e. The van der Waals surface area contributed by atoms with Gasteiger partial charge in [-0.05, 0) is 43.3 Å². The summed E-state index contributed by atoms with van der Waals surface area (Å²) in [6.45, 7) is 5.59. The van der Waals surface area contributed by atoms with Gasteiger partial charge in [-0.15, -0.1) is 5.10 Å². The third-order valence-electron chi connectivity index (χ3n) is 4.73. The second-order valence-corrected chi connectivity index (χ2v) is 6.68. The van der Waals surface area contributed by atoms with Gasteiger partial charge in [-0.3, -0.25) is 0 Å². The van der Waals surface area contributed by atoms with E-state index in [2.05, 4.69) is 19.9 Å². The molecular formula is C20H22FN5O3. The molecule has 0 N–H and O–H groups in total. The van der Waals surface area contributed by atoms with Crippen molar-refractivity contribution in [2.45, 2.75) is 13.5 Å². The first-order chi connectivity index (χ1) is 14.1. The summed E-state index contributed by atoms with van der Waals surface area (Å²) in [6.07, 6.45) is 1.65. The smallest absolute Gasteiger partial charge is 0.374 e. The highest BCUT2D eigenvalue weighted by Crippen LogP contribution is 2.19. The van der Waals surface area contributed by atoms with E-state index in [1.54, 1.807) is 42.2 Å². The Kier molecular flexibility index (Phi) is 5.46. The number of anilines is 2. The number of halogens is 1. The Morgan fingerprint density at radius 3 is 2.55 bits per heavy atom. The maximum Gasteiger partial charge on any atom is 0.374 e. The van der Waals surface area contributed by atoms with Gasteiger partial charge in [0.25, 0.3) is 0 Å². The molecule has 1 aliphatic heterocycles. The summed E-state index contributed by atoms with van der Waals surface area (Å²) < 4.78 is 25.2. The maximum absolute atomic E-state index is 13.1. The van der Waals surface area contributed by atoms with Gasteiger partial charge in [-0.2, -0.15) is 0 Å². The Balaban J connectivity index is 1.34. The van der Waals surface area contributed by atoms with Gasteiger partial charge in [0.15, 0.2) is 0 Å². The third-order valence-corrected chi connectivity index (χ3v) is 4.73. The van der Waals surface area contributed by atoms with Crippen LogP contribution in [0.5, 0.6) is 0 Å². The van der Waals surface area contributed by atoms with E-state index in [4.69, 9.17) is 9.15 Å². The molecule has 0 spiro atoms. The highest BCUT2D eigenvalue weighted by Gasteiger charge is 2.20. The van der Waals surface area contributed by atoms with Crippen LogP contribution in [0.15, 0.2) is 47.1 Å². The van der Waals surface area contributed by atoms with Crippen LogP contribution in [0.2, 0.25) is 0 Å². The number of furan rings is 1. The standard InChI is InChI=1S/C20H22FN5O3/c1-2-28-19(27)18-8-7-17(29-18)13-26-14-22-20(23-26)25-11-9-24(10-12-25)16-5-3-15(21)4-6-16/h3-8,14H,2,9-13H2,1H3. The van der Waals surface area contributed by atoms with E-state index in [9.17, 15) is 9.18 Å².